The largest absolute Gasteiger partial charge is 0.366 e. The van der Waals surface area contributed by atoms with Crippen molar-refractivity contribution in [3.05, 3.63) is 71.8 Å². The van der Waals surface area contributed by atoms with Gasteiger partial charge >= 0.3 is 0 Å². The Kier molecular flexibility index (Phi) is 9.19. The number of nitrogens with two attached hydrogens (primary N) is 1. The van der Waals surface area contributed by atoms with Crippen molar-refractivity contribution in [3.63, 3.8) is 0 Å². The molecule has 3 aromatic rings. The molecular weight excluding hydrogens is 442 g/mol. The summed E-state index contributed by atoms with van der Waals surface area (Å²) < 4.78 is 2.11. The van der Waals surface area contributed by atoms with Gasteiger partial charge in [-0.1, -0.05) is 6.07 Å². The van der Waals surface area contributed by atoms with Crippen LogP contribution in [0.1, 0.15) is 72.9 Å². The molecule has 0 aliphatic heterocycles. The zero-order valence-corrected chi connectivity index (χ0v) is 21.1. The average Bonchev–Trinajstić information content (AvgIpc) is 3.49. The predicted molar refractivity (Wildman–Crippen MR) is 136 cm³/mol. The quantitative estimate of drug-likeness (QED) is 0.365. The molecule has 3 N–H and O–H groups in total. The fraction of sp³-hybridized carbons (Fsp3) is 0.462. The van der Waals surface area contributed by atoms with Gasteiger partial charge in [0.15, 0.2) is 0 Å². The molecule has 0 radical (unpaired) electrons. The second-order valence-corrected chi connectivity index (χ2v) is 9.31. The smallest absolute Gasteiger partial charge is 0.254 e. The highest BCUT2D eigenvalue weighted by molar-refractivity contribution is 5.99. The van der Waals surface area contributed by atoms with Crippen LogP contribution in [-0.2, 0) is 19.6 Å². The standard InChI is InChI=1S/C26H37N7O2/c1-19(2)33(20(3)4)14-6-5-13-31-15-12-30-24(31)18-32(17-23-28-10-11-29-23)26(35)22-9-7-8-21(16-22)25(27)34/h7-12,15-16,19-20H,5-6,13-14,17-18H2,1-4H3,(H2,27,34)(H,28,29). The first-order valence-electron chi connectivity index (χ1n) is 12.2. The molecule has 9 heteroatoms. The molecular formula is C26H37N7O2. The fourth-order valence-electron chi connectivity index (χ4n) is 4.31. The number of amides is 2. The molecule has 9 nitrogen and oxygen atoms in total. The Morgan fingerprint density at radius 1 is 1.03 bits per heavy atom. The summed E-state index contributed by atoms with van der Waals surface area (Å²) in [4.78, 5) is 41.1. The summed E-state index contributed by atoms with van der Waals surface area (Å²) in [6.45, 7) is 11.4. The van der Waals surface area contributed by atoms with E-state index in [1.54, 1.807) is 41.7 Å². The van der Waals surface area contributed by atoms with Gasteiger partial charge in [0.05, 0.1) is 13.1 Å². The molecule has 2 aromatic heterocycles. The van der Waals surface area contributed by atoms with Crippen molar-refractivity contribution in [2.75, 3.05) is 6.54 Å². The molecule has 0 saturated heterocycles. The van der Waals surface area contributed by atoms with Gasteiger partial charge in [-0.3, -0.25) is 14.5 Å². The van der Waals surface area contributed by atoms with Crippen LogP contribution in [0.2, 0.25) is 0 Å². The number of nitrogens with zero attached hydrogens (tertiary/aromatic N) is 5. The second kappa shape index (κ2) is 12.3. The average molecular weight is 480 g/mol. The molecule has 0 bridgehead atoms. The number of hydrogen-bond donors (Lipinski definition) is 2. The van der Waals surface area contributed by atoms with E-state index in [0.29, 0.717) is 35.6 Å². The molecule has 0 saturated carbocycles. The second-order valence-electron chi connectivity index (χ2n) is 9.31. The number of aromatic nitrogens is 4. The lowest BCUT2D eigenvalue weighted by atomic mass is 10.1. The number of unbranched alkanes of at least 4 members (excludes halogenated alkanes) is 1. The van der Waals surface area contributed by atoms with Crippen LogP contribution in [0, 0.1) is 0 Å². The first kappa shape index (κ1) is 26.2. The molecule has 0 spiro atoms. The molecule has 0 unspecified atom stereocenters. The summed E-state index contributed by atoms with van der Waals surface area (Å²) in [6.07, 6.45) is 9.22. The first-order chi connectivity index (χ1) is 16.8. The molecule has 2 heterocycles. The van der Waals surface area contributed by atoms with Crippen LogP contribution in [-0.4, -0.2) is 59.8 Å². The van der Waals surface area contributed by atoms with Gasteiger partial charge in [0.2, 0.25) is 5.91 Å². The predicted octanol–water partition coefficient (Wildman–Crippen LogP) is 3.45. The minimum Gasteiger partial charge on any atom is -0.366 e. The van der Waals surface area contributed by atoms with Crippen molar-refractivity contribution >= 4 is 11.8 Å². The highest BCUT2D eigenvalue weighted by atomic mass is 16.2. The van der Waals surface area contributed by atoms with E-state index in [-0.39, 0.29) is 12.5 Å². The van der Waals surface area contributed by atoms with E-state index in [4.69, 9.17) is 5.73 Å². The highest BCUT2D eigenvalue weighted by Crippen LogP contribution is 2.15. The van der Waals surface area contributed by atoms with Gasteiger partial charge in [-0.25, -0.2) is 9.97 Å². The van der Waals surface area contributed by atoms with Gasteiger partial charge in [0.1, 0.15) is 11.6 Å². The SMILES string of the molecule is CC(C)N(CCCCn1ccnc1CN(Cc1ncc[nH]1)C(=O)c1cccc(C(N)=O)c1)C(C)C. The summed E-state index contributed by atoms with van der Waals surface area (Å²) in [5.41, 5.74) is 6.11. The van der Waals surface area contributed by atoms with Crippen molar-refractivity contribution in [2.45, 2.75) is 72.3 Å². The van der Waals surface area contributed by atoms with Gasteiger partial charge in [0, 0.05) is 54.5 Å². The lowest BCUT2D eigenvalue weighted by Gasteiger charge is -2.30. The van der Waals surface area contributed by atoms with Gasteiger partial charge in [-0.15, -0.1) is 0 Å². The van der Waals surface area contributed by atoms with Crippen LogP contribution >= 0.6 is 0 Å². The fourth-order valence-corrected chi connectivity index (χ4v) is 4.31. The Hall–Kier alpha value is -3.46. The Labute approximate surface area is 207 Å². The lowest BCUT2D eigenvalue weighted by Crippen LogP contribution is -2.37. The summed E-state index contributed by atoms with van der Waals surface area (Å²) in [7, 11) is 0. The number of rotatable bonds is 13. The Morgan fingerprint density at radius 2 is 1.77 bits per heavy atom. The van der Waals surface area contributed by atoms with E-state index in [2.05, 4.69) is 52.1 Å². The Bertz CT molecular complexity index is 1080. The molecule has 35 heavy (non-hydrogen) atoms. The summed E-state index contributed by atoms with van der Waals surface area (Å²) in [5.74, 6) is 0.690. The summed E-state index contributed by atoms with van der Waals surface area (Å²) in [6, 6.07) is 7.52. The number of benzene rings is 1. The van der Waals surface area contributed by atoms with E-state index < -0.39 is 5.91 Å². The number of aryl methyl sites for hydroxylation is 1. The van der Waals surface area contributed by atoms with Crippen molar-refractivity contribution < 1.29 is 9.59 Å². The molecule has 0 aliphatic rings. The van der Waals surface area contributed by atoms with E-state index in [9.17, 15) is 9.59 Å². The van der Waals surface area contributed by atoms with Gasteiger partial charge in [0.25, 0.3) is 5.91 Å². The van der Waals surface area contributed by atoms with Gasteiger partial charge in [-0.2, -0.15) is 0 Å². The third-order valence-corrected chi connectivity index (χ3v) is 6.10. The molecule has 0 fully saturated rings. The van der Waals surface area contributed by atoms with Crippen molar-refractivity contribution in [1.29, 1.82) is 0 Å². The van der Waals surface area contributed by atoms with E-state index in [1.807, 2.05) is 6.20 Å². The number of primary amides is 1. The third kappa shape index (κ3) is 7.26. The number of carbonyl (C=O) groups excluding carboxylic acids is 2. The zero-order chi connectivity index (χ0) is 25.4. The summed E-state index contributed by atoms with van der Waals surface area (Å²) >= 11 is 0. The minimum atomic E-state index is -0.568. The normalized spacial score (nSPS) is 11.5. The van der Waals surface area contributed by atoms with Crippen LogP contribution in [0.4, 0.5) is 0 Å². The number of nitrogens with one attached hydrogen (secondary N) is 1. The first-order valence-corrected chi connectivity index (χ1v) is 12.2. The third-order valence-electron chi connectivity index (χ3n) is 6.10. The summed E-state index contributed by atoms with van der Waals surface area (Å²) in [5, 5.41) is 0. The monoisotopic (exact) mass is 479 g/mol. The van der Waals surface area contributed by atoms with Gasteiger partial charge < -0.3 is 20.2 Å². The number of H-pyrrole nitrogens is 1. The highest BCUT2D eigenvalue weighted by Gasteiger charge is 2.21. The van der Waals surface area contributed by atoms with E-state index in [0.717, 1.165) is 31.8 Å². The minimum absolute atomic E-state index is 0.219. The van der Waals surface area contributed by atoms with Crippen LogP contribution in [0.15, 0.2) is 49.1 Å². The maximum Gasteiger partial charge on any atom is 0.254 e. The molecule has 0 aliphatic carbocycles. The Morgan fingerprint density at radius 3 is 2.43 bits per heavy atom. The van der Waals surface area contributed by atoms with E-state index >= 15 is 0 Å². The molecule has 188 valence electrons. The molecule has 3 rings (SSSR count). The number of aromatic amines is 1. The lowest BCUT2D eigenvalue weighted by molar-refractivity contribution is 0.0719. The van der Waals surface area contributed by atoms with E-state index in [1.165, 1.54) is 6.07 Å². The van der Waals surface area contributed by atoms with Crippen molar-refractivity contribution in [2.24, 2.45) is 5.73 Å². The molecule has 2 amide bonds. The number of hydrogen-bond acceptors (Lipinski definition) is 5. The maximum atomic E-state index is 13.4. The zero-order valence-electron chi connectivity index (χ0n) is 21.1. The number of imidazole rings is 2. The molecule has 0 atom stereocenters. The van der Waals surface area contributed by atoms with Crippen molar-refractivity contribution in [1.82, 2.24) is 29.3 Å². The molecule has 1 aromatic carbocycles. The number of carbonyl (C=O) groups is 2. The van der Waals surface area contributed by atoms with Crippen LogP contribution in [0.5, 0.6) is 0 Å². The van der Waals surface area contributed by atoms with Crippen LogP contribution < -0.4 is 5.73 Å². The topological polar surface area (TPSA) is 113 Å². The van der Waals surface area contributed by atoms with Crippen molar-refractivity contribution in [3.8, 4) is 0 Å². The van der Waals surface area contributed by atoms with Crippen LogP contribution in [0.3, 0.4) is 0 Å². The van der Waals surface area contributed by atoms with Crippen LogP contribution in [0.25, 0.3) is 0 Å². The van der Waals surface area contributed by atoms with Gasteiger partial charge in [-0.05, 0) is 65.3 Å². The Balaban J connectivity index is 1.71. The maximum absolute atomic E-state index is 13.4.